The zero-order valence-corrected chi connectivity index (χ0v) is 20.8. The maximum absolute atomic E-state index is 13.2. The number of fused-ring (bicyclic) bond motifs is 1. The highest BCUT2D eigenvalue weighted by atomic mass is 16.3. The smallest absolute Gasteiger partial charge is 0.237 e. The molecule has 0 spiro atoms. The molecule has 0 saturated carbocycles. The van der Waals surface area contributed by atoms with Crippen LogP contribution in [0.5, 0.6) is 11.5 Å². The molecule has 184 valence electrons. The predicted molar refractivity (Wildman–Crippen MR) is 135 cm³/mol. The summed E-state index contributed by atoms with van der Waals surface area (Å²) in [6, 6.07) is 12.9. The largest absolute Gasteiger partial charge is 0.508 e. The molecule has 6 nitrogen and oxygen atoms in total. The van der Waals surface area contributed by atoms with Crippen LogP contribution < -0.4 is 10.6 Å². The van der Waals surface area contributed by atoms with Gasteiger partial charge in [0.05, 0.1) is 6.04 Å². The van der Waals surface area contributed by atoms with Gasteiger partial charge in [0.15, 0.2) is 0 Å². The molecule has 0 aromatic heterocycles. The lowest BCUT2D eigenvalue weighted by molar-refractivity contribution is -0.124. The normalized spacial score (nSPS) is 26.1. The molecule has 1 fully saturated rings. The summed E-state index contributed by atoms with van der Waals surface area (Å²) < 4.78 is 0. The van der Waals surface area contributed by atoms with Crippen LogP contribution in [-0.4, -0.2) is 52.7 Å². The van der Waals surface area contributed by atoms with Crippen molar-refractivity contribution in [2.75, 3.05) is 19.6 Å². The Kier molecular flexibility index (Phi) is 7.20. The van der Waals surface area contributed by atoms with Crippen LogP contribution in [0.3, 0.4) is 0 Å². The first-order valence-corrected chi connectivity index (χ1v) is 12.5. The summed E-state index contributed by atoms with van der Waals surface area (Å²) in [4.78, 5) is 15.6. The number of hydrogen-bond acceptors (Lipinski definition) is 5. The van der Waals surface area contributed by atoms with Crippen LogP contribution in [-0.2, 0) is 23.2 Å². The molecule has 0 radical (unpaired) electrons. The van der Waals surface area contributed by atoms with Gasteiger partial charge in [-0.2, -0.15) is 0 Å². The Bertz CT molecular complexity index is 1020. The second-order valence-electron chi connectivity index (χ2n) is 10.8. The Balaban J connectivity index is 1.36. The number of amides is 1. The van der Waals surface area contributed by atoms with Crippen molar-refractivity contribution in [1.29, 1.82) is 0 Å². The lowest BCUT2D eigenvalue weighted by Gasteiger charge is -2.46. The van der Waals surface area contributed by atoms with Crippen molar-refractivity contribution in [2.24, 2.45) is 11.8 Å². The lowest BCUT2D eigenvalue weighted by Crippen LogP contribution is -2.56. The maximum atomic E-state index is 13.2. The summed E-state index contributed by atoms with van der Waals surface area (Å²) in [7, 11) is 0. The Morgan fingerprint density at radius 2 is 1.94 bits per heavy atom. The summed E-state index contributed by atoms with van der Waals surface area (Å²) >= 11 is 0. The standard InChI is InChI=1S/C28H39N3O3/c1-18(2)26(30-27(34)25-13-20-8-9-24(33)12-21(20)15-29-25)17-31-11-10-28(4,19(3)16-31)22-6-5-7-23(32)14-22/h5-9,12,14,18-19,25-26,29,32-33H,10-11,13,15-17H2,1-4H3,(H,30,34)/t19?,25?,26?,28-/m1/s1. The van der Waals surface area contributed by atoms with E-state index in [4.69, 9.17) is 0 Å². The highest BCUT2D eigenvalue weighted by Crippen LogP contribution is 2.40. The molecule has 2 aromatic carbocycles. The molecule has 4 N–H and O–H groups in total. The van der Waals surface area contributed by atoms with Crippen LogP contribution in [0, 0.1) is 11.8 Å². The van der Waals surface area contributed by atoms with Gasteiger partial charge in [0.1, 0.15) is 11.5 Å². The Morgan fingerprint density at radius 3 is 2.65 bits per heavy atom. The van der Waals surface area contributed by atoms with Gasteiger partial charge in [0.25, 0.3) is 0 Å². The minimum Gasteiger partial charge on any atom is -0.508 e. The third kappa shape index (κ3) is 5.23. The number of phenolic OH excluding ortho intramolecular Hbond substituents is 2. The summed E-state index contributed by atoms with van der Waals surface area (Å²) in [6.45, 7) is 12.3. The molecule has 1 saturated heterocycles. The van der Waals surface area contributed by atoms with E-state index in [1.54, 1.807) is 18.2 Å². The molecule has 2 aromatic rings. The first-order valence-electron chi connectivity index (χ1n) is 12.5. The zero-order valence-electron chi connectivity index (χ0n) is 20.8. The number of piperidine rings is 1. The van der Waals surface area contributed by atoms with Gasteiger partial charge in [-0.1, -0.05) is 45.9 Å². The quantitative estimate of drug-likeness (QED) is 0.524. The Morgan fingerprint density at radius 1 is 1.18 bits per heavy atom. The van der Waals surface area contributed by atoms with E-state index in [0.29, 0.717) is 30.6 Å². The van der Waals surface area contributed by atoms with Crippen molar-refractivity contribution >= 4 is 5.91 Å². The highest BCUT2D eigenvalue weighted by molar-refractivity contribution is 5.82. The molecule has 2 aliphatic rings. The molecule has 0 bridgehead atoms. The molecule has 2 heterocycles. The van der Waals surface area contributed by atoms with Crippen LogP contribution in [0.25, 0.3) is 0 Å². The van der Waals surface area contributed by atoms with Crippen molar-refractivity contribution in [2.45, 2.75) is 64.6 Å². The number of nitrogens with zero attached hydrogens (tertiary/aromatic N) is 1. The van der Waals surface area contributed by atoms with E-state index in [1.807, 2.05) is 18.2 Å². The van der Waals surface area contributed by atoms with Gasteiger partial charge in [0.2, 0.25) is 5.91 Å². The number of likely N-dealkylation sites (tertiary alicyclic amines) is 1. The molecule has 1 amide bonds. The summed E-state index contributed by atoms with van der Waals surface area (Å²) in [5, 5.41) is 26.3. The van der Waals surface area contributed by atoms with Crippen molar-refractivity contribution < 1.29 is 15.0 Å². The average molecular weight is 466 g/mol. The average Bonchev–Trinajstić information content (AvgIpc) is 2.80. The van der Waals surface area contributed by atoms with Gasteiger partial charge in [-0.15, -0.1) is 0 Å². The minimum absolute atomic E-state index is 0.0274. The van der Waals surface area contributed by atoms with Crippen molar-refractivity contribution in [3.05, 3.63) is 59.2 Å². The van der Waals surface area contributed by atoms with E-state index >= 15 is 0 Å². The lowest BCUT2D eigenvalue weighted by atomic mass is 9.68. The van der Waals surface area contributed by atoms with Crippen molar-refractivity contribution in [3.63, 3.8) is 0 Å². The Labute approximate surface area is 203 Å². The van der Waals surface area contributed by atoms with Gasteiger partial charge in [-0.25, -0.2) is 0 Å². The van der Waals surface area contributed by atoms with Crippen molar-refractivity contribution in [3.8, 4) is 11.5 Å². The topological polar surface area (TPSA) is 84.8 Å². The van der Waals surface area contributed by atoms with E-state index in [0.717, 1.165) is 37.2 Å². The molecule has 4 rings (SSSR count). The van der Waals surface area contributed by atoms with Crippen LogP contribution >= 0.6 is 0 Å². The van der Waals surface area contributed by atoms with Gasteiger partial charge >= 0.3 is 0 Å². The highest BCUT2D eigenvalue weighted by Gasteiger charge is 2.39. The summed E-state index contributed by atoms with van der Waals surface area (Å²) in [5.41, 5.74) is 3.40. The molecule has 34 heavy (non-hydrogen) atoms. The van der Waals surface area contributed by atoms with Crippen LogP contribution in [0.15, 0.2) is 42.5 Å². The van der Waals surface area contributed by atoms with Gasteiger partial charge in [0, 0.05) is 25.7 Å². The second kappa shape index (κ2) is 9.96. The number of carbonyl (C=O) groups is 1. The molecule has 4 atom stereocenters. The van der Waals surface area contributed by atoms with E-state index in [2.05, 4.69) is 49.3 Å². The number of nitrogens with one attached hydrogen (secondary N) is 2. The third-order valence-electron chi connectivity index (χ3n) is 8.13. The van der Waals surface area contributed by atoms with Gasteiger partial charge in [-0.3, -0.25) is 4.79 Å². The van der Waals surface area contributed by atoms with Crippen molar-refractivity contribution in [1.82, 2.24) is 15.5 Å². The zero-order chi connectivity index (χ0) is 24.5. The number of benzene rings is 2. The molecular formula is C28H39N3O3. The molecule has 6 heteroatoms. The first kappa shape index (κ1) is 24.6. The number of hydrogen-bond donors (Lipinski definition) is 4. The van der Waals surface area contributed by atoms with E-state index in [9.17, 15) is 15.0 Å². The fraction of sp³-hybridized carbons (Fsp3) is 0.536. The second-order valence-corrected chi connectivity index (χ2v) is 10.8. The molecule has 2 aliphatic heterocycles. The molecule has 0 aliphatic carbocycles. The third-order valence-corrected chi connectivity index (χ3v) is 8.13. The summed E-state index contributed by atoms with van der Waals surface area (Å²) in [6.07, 6.45) is 1.65. The number of aromatic hydroxyl groups is 2. The number of rotatable bonds is 6. The van der Waals surface area contributed by atoms with Crippen LogP contribution in [0.1, 0.15) is 50.8 Å². The molecular weight excluding hydrogens is 426 g/mol. The van der Waals surface area contributed by atoms with Gasteiger partial charge < -0.3 is 25.7 Å². The van der Waals surface area contributed by atoms with E-state index < -0.39 is 0 Å². The number of phenols is 2. The van der Waals surface area contributed by atoms with E-state index in [1.165, 1.54) is 5.56 Å². The van der Waals surface area contributed by atoms with Gasteiger partial charge in [-0.05, 0) is 77.6 Å². The van der Waals surface area contributed by atoms with E-state index in [-0.39, 0.29) is 29.2 Å². The maximum Gasteiger partial charge on any atom is 0.237 e. The Hall–Kier alpha value is -2.57. The minimum atomic E-state index is -0.257. The monoisotopic (exact) mass is 465 g/mol. The molecule has 3 unspecified atom stereocenters. The SMILES string of the molecule is CC(C)C(CN1CC[C@@](C)(c2cccc(O)c2)C(C)C1)NC(=O)C1Cc2ccc(O)cc2CN1. The fourth-order valence-electron chi connectivity index (χ4n) is 5.44. The number of carbonyl (C=O) groups excluding carboxylic acids is 1. The first-order chi connectivity index (χ1) is 16.2. The van der Waals surface area contributed by atoms with Crippen LogP contribution in [0.4, 0.5) is 0 Å². The summed E-state index contributed by atoms with van der Waals surface area (Å²) in [5.74, 6) is 1.39. The predicted octanol–water partition coefficient (Wildman–Crippen LogP) is 3.55. The van der Waals surface area contributed by atoms with Crippen LogP contribution in [0.2, 0.25) is 0 Å². The fourth-order valence-corrected chi connectivity index (χ4v) is 5.44.